The topological polar surface area (TPSA) is 100 Å². The van der Waals surface area contributed by atoms with Crippen molar-refractivity contribution in [3.8, 4) is 6.01 Å². The zero-order valence-electron chi connectivity index (χ0n) is 7.25. The standard InChI is InChI=1S/C5HFN5O4P/c6-4-7-2-1-3-9-5(8-2)13-16(12,14-10-3)15-11(1)4/h(H,8,9,10). The molecule has 2 aromatic rings. The van der Waals surface area contributed by atoms with Crippen LogP contribution in [0.1, 0.15) is 0 Å². The minimum atomic E-state index is -4.03. The van der Waals surface area contributed by atoms with Gasteiger partial charge in [0, 0.05) is 0 Å². The molecule has 1 unspecified atom stereocenters. The summed E-state index contributed by atoms with van der Waals surface area (Å²) >= 11 is 0. The lowest BCUT2D eigenvalue weighted by Crippen LogP contribution is -2.15. The van der Waals surface area contributed by atoms with Crippen LogP contribution < -0.4 is 14.6 Å². The fourth-order valence-electron chi connectivity index (χ4n) is 1.45. The lowest BCUT2D eigenvalue weighted by atomic mass is 10.5. The first kappa shape index (κ1) is 8.25. The highest BCUT2D eigenvalue weighted by atomic mass is 31.2. The maximum atomic E-state index is 13.4. The summed E-state index contributed by atoms with van der Waals surface area (Å²) in [5.41, 5.74) is 2.37. The lowest BCUT2D eigenvalue weighted by molar-refractivity contribution is 0.151. The Morgan fingerprint density at radius 1 is 1.38 bits per heavy atom. The van der Waals surface area contributed by atoms with Gasteiger partial charge < -0.3 is 4.52 Å². The van der Waals surface area contributed by atoms with Crippen LogP contribution in [0.15, 0.2) is 0 Å². The van der Waals surface area contributed by atoms with Crippen molar-refractivity contribution in [1.82, 2.24) is 19.7 Å². The summed E-state index contributed by atoms with van der Waals surface area (Å²) in [5.74, 6) is 0.0756. The van der Waals surface area contributed by atoms with Gasteiger partial charge in [-0.3, -0.25) is 4.62 Å². The fourth-order valence-corrected chi connectivity index (χ4v) is 2.38. The summed E-state index contributed by atoms with van der Waals surface area (Å²) in [6.45, 7) is 0. The van der Waals surface area contributed by atoms with Gasteiger partial charge in [0.15, 0.2) is 17.0 Å². The van der Waals surface area contributed by atoms with Crippen LogP contribution in [0.25, 0.3) is 11.2 Å². The predicted molar refractivity (Wildman–Crippen MR) is 44.8 cm³/mol. The number of nitrogens with one attached hydrogen (secondary N) is 1. The van der Waals surface area contributed by atoms with E-state index >= 15 is 0 Å². The molecule has 3 bridgehead atoms. The number of hydrogen-bond acceptors (Lipinski definition) is 8. The second kappa shape index (κ2) is 2.25. The Labute approximate surface area is 85.7 Å². The molecule has 0 fully saturated rings. The highest BCUT2D eigenvalue weighted by molar-refractivity contribution is 7.49. The van der Waals surface area contributed by atoms with Crippen molar-refractivity contribution in [3.05, 3.63) is 6.08 Å². The molecule has 2 aliphatic heterocycles. The number of fused-ring (bicyclic) bond motifs is 3. The molecule has 0 radical (unpaired) electrons. The maximum absolute atomic E-state index is 13.4. The quantitative estimate of drug-likeness (QED) is 0.520. The summed E-state index contributed by atoms with van der Waals surface area (Å²) < 4.78 is 40.0. The van der Waals surface area contributed by atoms with Crippen molar-refractivity contribution in [2.75, 3.05) is 5.48 Å². The normalized spacial score (nSPS) is 25.1. The minimum absolute atomic E-state index is 0.0155. The molecular formula is C5HFN5O4P. The monoisotopic (exact) mass is 245 g/mol. The second-order valence-corrected chi connectivity index (χ2v) is 4.44. The van der Waals surface area contributed by atoms with Gasteiger partial charge in [-0.05, 0) is 0 Å². The number of rotatable bonds is 0. The van der Waals surface area contributed by atoms with E-state index < -0.39 is 13.9 Å². The molecule has 0 aromatic carbocycles. The van der Waals surface area contributed by atoms with Crippen molar-refractivity contribution >= 4 is 24.8 Å². The van der Waals surface area contributed by atoms with E-state index in [0.29, 0.717) is 4.73 Å². The van der Waals surface area contributed by atoms with E-state index in [1.807, 2.05) is 0 Å². The Morgan fingerprint density at radius 3 is 3.12 bits per heavy atom. The predicted octanol–water partition coefficient (Wildman–Crippen LogP) is 0.252. The third-order valence-electron chi connectivity index (χ3n) is 2.04. The molecule has 4 heterocycles. The Hall–Kier alpha value is -1.93. The first-order chi connectivity index (χ1) is 7.65. The van der Waals surface area contributed by atoms with Gasteiger partial charge in [-0.15, -0.1) is 9.35 Å². The zero-order chi connectivity index (χ0) is 10.9. The molecule has 82 valence electrons. The Balaban J connectivity index is 2.27. The number of halogens is 1. The summed E-state index contributed by atoms with van der Waals surface area (Å²) in [5, 5.41) is 0. The van der Waals surface area contributed by atoms with E-state index in [1.165, 1.54) is 0 Å². The molecule has 0 saturated heterocycles. The molecule has 11 heteroatoms. The van der Waals surface area contributed by atoms with Crippen LogP contribution in [-0.2, 0) is 9.19 Å². The van der Waals surface area contributed by atoms with Gasteiger partial charge in [0.25, 0.3) is 0 Å². The van der Waals surface area contributed by atoms with Crippen molar-refractivity contribution in [3.63, 3.8) is 0 Å². The fraction of sp³-hybridized carbons (Fsp3) is 0. The number of anilines is 1. The molecule has 0 aliphatic carbocycles. The third kappa shape index (κ3) is 0.836. The SMILES string of the molecule is O=P12ONc3nc(nc4nc(F)n(c34)O1)O2. The van der Waals surface area contributed by atoms with E-state index in [-0.39, 0.29) is 23.0 Å². The van der Waals surface area contributed by atoms with E-state index in [2.05, 4.69) is 25.1 Å². The highest BCUT2D eigenvalue weighted by Gasteiger charge is 2.43. The Kier molecular flexibility index (Phi) is 1.16. The van der Waals surface area contributed by atoms with Crippen LogP contribution in [0.5, 0.6) is 6.01 Å². The van der Waals surface area contributed by atoms with Crippen molar-refractivity contribution < 1.29 is 22.7 Å². The number of hydrogen-bond donors (Lipinski definition) is 1. The van der Waals surface area contributed by atoms with Gasteiger partial charge in [0.2, 0.25) is 0 Å². The Morgan fingerprint density at radius 2 is 2.25 bits per heavy atom. The molecule has 0 saturated carbocycles. The highest BCUT2D eigenvalue weighted by Crippen LogP contribution is 2.50. The molecule has 0 spiro atoms. The van der Waals surface area contributed by atoms with Gasteiger partial charge in [0.05, 0.1) is 0 Å². The van der Waals surface area contributed by atoms with E-state index in [0.717, 1.165) is 0 Å². The molecule has 1 N–H and O–H groups in total. The number of imidazole rings is 1. The first-order valence-electron chi connectivity index (χ1n) is 4.05. The van der Waals surface area contributed by atoms with Gasteiger partial charge in [-0.1, -0.05) is 0 Å². The van der Waals surface area contributed by atoms with Crippen LogP contribution in [-0.4, -0.2) is 19.7 Å². The van der Waals surface area contributed by atoms with E-state index in [1.54, 1.807) is 0 Å². The summed E-state index contributed by atoms with van der Waals surface area (Å²) in [6.07, 6.45) is -1.01. The van der Waals surface area contributed by atoms with Gasteiger partial charge in [0.1, 0.15) is 0 Å². The van der Waals surface area contributed by atoms with Crippen LogP contribution in [0.3, 0.4) is 0 Å². The van der Waals surface area contributed by atoms with Gasteiger partial charge >= 0.3 is 19.9 Å². The largest absolute Gasteiger partial charge is 0.631 e. The average Bonchev–Trinajstić information content (AvgIpc) is 2.38. The molecule has 16 heavy (non-hydrogen) atoms. The Bertz CT molecular complexity index is 685. The average molecular weight is 245 g/mol. The molecule has 9 nitrogen and oxygen atoms in total. The van der Waals surface area contributed by atoms with Crippen LogP contribution in [0, 0.1) is 6.08 Å². The van der Waals surface area contributed by atoms with Crippen LogP contribution in [0.4, 0.5) is 10.2 Å². The number of phosphoric acid groups is 1. The molecule has 2 aliphatic rings. The third-order valence-corrected chi connectivity index (χ3v) is 3.11. The smallest absolute Gasteiger partial charge is 0.356 e. The second-order valence-electron chi connectivity index (χ2n) is 3.02. The number of nitrogens with zero attached hydrogens (tertiary/aromatic N) is 4. The lowest BCUT2D eigenvalue weighted by Gasteiger charge is -2.13. The van der Waals surface area contributed by atoms with Crippen molar-refractivity contribution in [1.29, 1.82) is 0 Å². The molecular weight excluding hydrogens is 244 g/mol. The van der Waals surface area contributed by atoms with Gasteiger partial charge in [-0.2, -0.15) is 19.3 Å². The van der Waals surface area contributed by atoms with Crippen molar-refractivity contribution in [2.24, 2.45) is 0 Å². The van der Waals surface area contributed by atoms with Crippen molar-refractivity contribution in [2.45, 2.75) is 0 Å². The molecule has 2 aromatic heterocycles. The van der Waals surface area contributed by atoms with Crippen LogP contribution >= 0.6 is 7.82 Å². The summed E-state index contributed by atoms with van der Waals surface area (Å²) in [7, 11) is -4.03. The summed E-state index contributed by atoms with van der Waals surface area (Å²) in [4.78, 5) is 11.0. The van der Waals surface area contributed by atoms with E-state index in [9.17, 15) is 8.96 Å². The molecule has 1 atom stereocenters. The molecule has 0 amide bonds. The first-order valence-corrected chi connectivity index (χ1v) is 5.51. The molecule has 4 rings (SSSR count). The van der Waals surface area contributed by atoms with Crippen LogP contribution in [0.2, 0.25) is 0 Å². The maximum Gasteiger partial charge on any atom is 0.631 e. The number of aromatic nitrogens is 4. The zero-order valence-corrected chi connectivity index (χ0v) is 8.14. The van der Waals surface area contributed by atoms with Gasteiger partial charge in [-0.25, -0.2) is 10.0 Å². The minimum Gasteiger partial charge on any atom is -0.356 e. The summed E-state index contributed by atoms with van der Waals surface area (Å²) in [6, 6.07) is -0.250. The van der Waals surface area contributed by atoms with E-state index in [4.69, 9.17) is 9.15 Å².